The number of ether oxygens (including phenoxy) is 1. The number of halogens is 1. The Balaban J connectivity index is 2.42. The second kappa shape index (κ2) is 6.48. The lowest BCUT2D eigenvalue weighted by Gasteiger charge is -2.09. The quantitative estimate of drug-likeness (QED) is 0.760. The Labute approximate surface area is 99.0 Å². The molecule has 0 heterocycles. The van der Waals surface area contributed by atoms with Crippen LogP contribution in [0.3, 0.4) is 0 Å². The van der Waals surface area contributed by atoms with Crippen molar-refractivity contribution in [3.05, 3.63) is 34.9 Å². The van der Waals surface area contributed by atoms with Gasteiger partial charge in [-0.3, -0.25) is 0 Å². The first-order chi connectivity index (χ1) is 7.63. The van der Waals surface area contributed by atoms with E-state index in [9.17, 15) is 9.90 Å². The molecule has 1 atom stereocenters. The van der Waals surface area contributed by atoms with Gasteiger partial charge in [-0.15, -0.1) is 0 Å². The zero-order chi connectivity index (χ0) is 12.0. The number of esters is 1. The highest BCUT2D eigenvalue weighted by molar-refractivity contribution is 6.30. The summed E-state index contributed by atoms with van der Waals surface area (Å²) in [6.07, 6.45) is -0.946. The van der Waals surface area contributed by atoms with Crippen molar-refractivity contribution < 1.29 is 14.6 Å². The van der Waals surface area contributed by atoms with E-state index >= 15 is 0 Å². The zero-order valence-corrected chi connectivity index (χ0v) is 9.48. The van der Waals surface area contributed by atoms with Gasteiger partial charge in [-0.1, -0.05) is 23.7 Å². The van der Waals surface area contributed by atoms with Crippen molar-refractivity contribution in [3.8, 4) is 0 Å². The van der Waals surface area contributed by atoms with Crippen LogP contribution in [0.15, 0.2) is 24.3 Å². The lowest BCUT2D eigenvalue weighted by molar-refractivity contribution is -0.155. The average molecular weight is 244 g/mol. The van der Waals surface area contributed by atoms with Crippen LogP contribution in [-0.2, 0) is 16.1 Å². The van der Waals surface area contributed by atoms with Crippen LogP contribution in [0.5, 0.6) is 0 Å². The summed E-state index contributed by atoms with van der Waals surface area (Å²) in [5, 5.41) is 9.85. The first kappa shape index (κ1) is 13.0. The van der Waals surface area contributed by atoms with Gasteiger partial charge >= 0.3 is 5.97 Å². The monoisotopic (exact) mass is 243 g/mol. The number of rotatable bonds is 5. The summed E-state index contributed by atoms with van der Waals surface area (Å²) in [5.74, 6) is -0.662. The van der Waals surface area contributed by atoms with E-state index in [2.05, 4.69) is 0 Å². The molecule has 0 spiro atoms. The molecule has 0 aliphatic carbocycles. The maximum Gasteiger partial charge on any atom is 0.335 e. The topological polar surface area (TPSA) is 72.5 Å². The Hall–Kier alpha value is -1.10. The van der Waals surface area contributed by atoms with Crippen molar-refractivity contribution in [3.63, 3.8) is 0 Å². The second-order valence-electron chi connectivity index (χ2n) is 3.33. The first-order valence-electron chi connectivity index (χ1n) is 4.92. The van der Waals surface area contributed by atoms with E-state index in [0.29, 0.717) is 5.02 Å². The third kappa shape index (κ3) is 4.18. The molecule has 0 saturated heterocycles. The maximum atomic E-state index is 11.2. The number of carbonyl (C=O) groups excluding carboxylic acids is 1. The summed E-state index contributed by atoms with van der Waals surface area (Å²) in [6, 6.07) is 6.98. The summed E-state index contributed by atoms with van der Waals surface area (Å²) in [7, 11) is 0. The van der Waals surface area contributed by atoms with Crippen LogP contribution in [0.2, 0.25) is 5.02 Å². The van der Waals surface area contributed by atoms with Gasteiger partial charge in [-0.05, 0) is 30.7 Å². The van der Waals surface area contributed by atoms with Gasteiger partial charge in [0.05, 0.1) is 0 Å². The number of hydrogen-bond donors (Lipinski definition) is 2. The lowest BCUT2D eigenvalue weighted by atomic mass is 10.2. The molecule has 4 nitrogen and oxygen atoms in total. The maximum absolute atomic E-state index is 11.2. The van der Waals surface area contributed by atoms with Gasteiger partial charge in [0.25, 0.3) is 0 Å². The van der Waals surface area contributed by atoms with Crippen molar-refractivity contribution in [1.82, 2.24) is 0 Å². The minimum absolute atomic E-state index is 0.0982. The van der Waals surface area contributed by atoms with Crippen LogP contribution in [0.1, 0.15) is 12.0 Å². The van der Waals surface area contributed by atoms with E-state index in [1.165, 1.54) is 0 Å². The van der Waals surface area contributed by atoms with Crippen molar-refractivity contribution in [2.24, 2.45) is 5.73 Å². The molecule has 1 unspecified atom stereocenters. The van der Waals surface area contributed by atoms with E-state index in [0.717, 1.165) is 5.56 Å². The summed E-state index contributed by atoms with van der Waals surface area (Å²) in [5.41, 5.74) is 5.99. The van der Waals surface area contributed by atoms with Crippen LogP contribution >= 0.6 is 11.6 Å². The Morgan fingerprint density at radius 1 is 1.56 bits per heavy atom. The summed E-state index contributed by atoms with van der Waals surface area (Å²) < 4.78 is 4.89. The van der Waals surface area contributed by atoms with Crippen molar-refractivity contribution in [2.75, 3.05) is 6.54 Å². The Kier molecular flexibility index (Phi) is 5.25. The number of aliphatic hydroxyl groups excluding tert-OH is 1. The molecule has 0 aliphatic rings. The van der Waals surface area contributed by atoms with E-state index in [1.54, 1.807) is 24.3 Å². The third-order valence-corrected chi connectivity index (χ3v) is 2.22. The minimum Gasteiger partial charge on any atom is -0.459 e. The number of aliphatic hydroxyl groups is 1. The predicted octanol–water partition coefficient (Wildman–Crippen LogP) is 1.09. The predicted molar refractivity (Wildman–Crippen MR) is 60.9 cm³/mol. The molecule has 88 valence electrons. The molecule has 1 rings (SSSR count). The molecular formula is C11H14ClNO3. The van der Waals surface area contributed by atoms with E-state index in [-0.39, 0.29) is 19.6 Å². The van der Waals surface area contributed by atoms with Crippen LogP contribution in [0.25, 0.3) is 0 Å². The molecule has 0 aliphatic heterocycles. The smallest absolute Gasteiger partial charge is 0.335 e. The molecule has 0 radical (unpaired) electrons. The van der Waals surface area contributed by atoms with Crippen molar-refractivity contribution in [2.45, 2.75) is 19.1 Å². The molecule has 0 aromatic heterocycles. The SMILES string of the molecule is NCCC(O)C(=O)OCc1cccc(Cl)c1. The highest BCUT2D eigenvalue weighted by Crippen LogP contribution is 2.11. The van der Waals surface area contributed by atoms with Crippen LogP contribution in [-0.4, -0.2) is 23.7 Å². The molecule has 0 fully saturated rings. The summed E-state index contributed by atoms with van der Waals surface area (Å²) in [4.78, 5) is 11.2. The Morgan fingerprint density at radius 3 is 2.94 bits per heavy atom. The molecule has 1 aromatic rings. The Morgan fingerprint density at radius 2 is 2.31 bits per heavy atom. The van der Waals surface area contributed by atoms with Crippen LogP contribution in [0.4, 0.5) is 0 Å². The molecule has 0 amide bonds. The molecule has 5 heteroatoms. The lowest BCUT2D eigenvalue weighted by Crippen LogP contribution is -2.25. The fourth-order valence-electron chi connectivity index (χ4n) is 1.15. The first-order valence-corrected chi connectivity index (χ1v) is 5.30. The van der Waals surface area contributed by atoms with E-state index < -0.39 is 12.1 Å². The third-order valence-electron chi connectivity index (χ3n) is 1.98. The van der Waals surface area contributed by atoms with Crippen molar-refractivity contribution >= 4 is 17.6 Å². The second-order valence-corrected chi connectivity index (χ2v) is 3.77. The molecular weight excluding hydrogens is 230 g/mol. The molecule has 16 heavy (non-hydrogen) atoms. The van der Waals surface area contributed by atoms with Gasteiger partial charge in [0.15, 0.2) is 6.10 Å². The summed E-state index contributed by atoms with van der Waals surface area (Å²) >= 11 is 5.77. The van der Waals surface area contributed by atoms with Gasteiger partial charge in [-0.25, -0.2) is 4.79 Å². The molecule has 3 N–H and O–H groups in total. The minimum atomic E-state index is -1.15. The fourth-order valence-corrected chi connectivity index (χ4v) is 1.37. The Bertz CT molecular complexity index is 357. The van der Waals surface area contributed by atoms with Gasteiger partial charge in [0.1, 0.15) is 6.61 Å². The van der Waals surface area contributed by atoms with Gasteiger partial charge in [0, 0.05) is 5.02 Å². The van der Waals surface area contributed by atoms with Crippen LogP contribution in [0, 0.1) is 0 Å². The average Bonchev–Trinajstić information content (AvgIpc) is 2.26. The van der Waals surface area contributed by atoms with Crippen molar-refractivity contribution in [1.29, 1.82) is 0 Å². The van der Waals surface area contributed by atoms with E-state index in [4.69, 9.17) is 22.1 Å². The number of nitrogens with two attached hydrogens (primary N) is 1. The molecule has 1 aromatic carbocycles. The fraction of sp³-hybridized carbons (Fsp3) is 0.364. The highest BCUT2D eigenvalue weighted by atomic mass is 35.5. The largest absolute Gasteiger partial charge is 0.459 e. The standard InChI is InChI=1S/C11H14ClNO3/c12-9-3-1-2-8(6-9)7-16-11(15)10(14)4-5-13/h1-3,6,10,14H,4-5,7,13H2. The normalized spacial score (nSPS) is 12.2. The molecule has 0 saturated carbocycles. The van der Waals surface area contributed by atoms with Gasteiger partial charge in [-0.2, -0.15) is 0 Å². The van der Waals surface area contributed by atoms with Gasteiger partial charge < -0.3 is 15.6 Å². The highest BCUT2D eigenvalue weighted by Gasteiger charge is 2.15. The number of carbonyl (C=O) groups is 1. The molecule has 0 bridgehead atoms. The van der Waals surface area contributed by atoms with Crippen LogP contribution < -0.4 is 5.73 Å². The summed E-state index contributed by atoms with van der Waals surface area (Å²) in [6.45, 7) is 0.342. The number of benzene rings is 1. The number of hydrogen-bond acceptors (Lipinski definition) is 4. The zero-order valence-electron chi connectivity index (χ0n) is 8.73. The van der Waals surface area contributed by atoms with E-state index in [1.807, 2.05) is 0 Å². The van der Waals surface area contributed by atoms with Gasteiger partial charge in [0.2, 0.25) is 0 Å².